The number of aliphatic hydroxyl groups excluding tert-OH is 1. The Hall–Kier alpha value is -1.02. The molecule has 3 rings (SSSR count). The third-order valence-electron chi connectivity index (χ3n) is 4.03. The smallest absolute Gasteiger partial charge is 0.312 e. The van der Waals surface area contributed by atoms with Gasteiger partial charge in [0.05, 0.1) is 6.10 Å². The maximum atomic E-state index is 10.4. The van der Waals surface area contributed by atoms with Gasteiger partial charge in [-0.1, -0.05) is 30.3 Å². The molecule has 6 atom stereocenters. The Morgan fingerprint density at radius 1 is 1.18 bits per heavy atom. The van der Waals surface area contributed by atoms with E-state index in [0.717, 1.165) is 5.56 Å². The maximum Gasteiger partial charge on any atom is 0.312 e. The number of benzene rings is 1. The van der Waals surface area contributed by atoms with Crippen LogP contribution in [0.15, 0.2) is 30.3 Å². The molecular weight excluding hydrogens is 288 g/mol. The number of rotatable bonds is 4. The first-order valence-electron chi connectivity index (χ1n) is 7.52. The van der Waals surface area contributed by atoms with Gasteiger partial charge in [0.25, 0.3) is 0 Å². The molecule has 0 radical (unpaired) electrons. The van der Waals surface area contributed by atoms with Gasteiger partial charge in [0.15, 0.2) is 6.29 Å². The second-order valence-corrected chi connectivity index (χ2v) is 5.46. The van der Waals surface area contributed by atoms with E-state index in [1.807, 2.05) is 44.2 Å². The average molecular weight is 310 g/mol. The van der Waals surface area contributed by atoms with Crippen molar-refractivity contribution in [1.82, 2.24) is 0 Å². The summed E-state index contributed by atoms with van der Waals surface area (Å²) in [6, 6.07) is 9.43. The lowest BCUT2D eigenvalue weighted by Gasteiger charge is -2.37. The van der Waals surface area contributed by atoms with Crippen molar-refractivity contribution in [2.24, 2.45) is 0 Å². The van der Waals surface area contributed by atoms with Crippen molar-refractivity contribution < 1.29 is 28.8 Å². The summed E-state index contributed by atoms with van der Waals surface area (Å²) < 4.78 is 28.7. The molecule has 2 unspecified atom stereocenters. The lowest BCUT2D eigenvalue weighted by molar-refractivity contribution is -0.355. The topological polar surface area (TPSA) is 66.4 Å². The molecule has 2 heterocycles. The van der Waals surface area contributed by atoms with Crippen LogP contribution in [0.5, 0.6) is 0 Å². The van der Waals surface area contributed by atoms with Crippen LogP contribution in [0.4, 0.5) is 0 Å². The minimum Gasteiger partial charge on any atom is -0.385 e. The van der Waals surface area contributed by atoms with Gasteiger partial charge in [-0.25, -0.2) is 0 Å². The summed E-state index contributed by atoms with van der Waals surface area (Å²) in [5.41, 5.74) is 0.750. The molecule has 6 nitrogen and oxygen atoms in total. The van der Waals surface area contributed by atoms with Crippen LogP contribution in [0.3, 0.4) is 0 Å². The molecule has 0 bridgehead atoms. The summed E-state index contributed by atoms with van der Waals surface area (Å²) in [4.78, 5) is 0. The van der Waals surface area contributed by atoms with Gasteiger partial charge in [0.1, 0.15) is 18.3 Å². The van der Waals surface area contributed by atoms with Gasteiger partial charge >= 0.3 is 5.97 Å². The first-order valence-corrected chi connectivity index (χ1v) is 7.52. The molecule has 0 aliphatic carbocycles. The van der Waals surface area contributed by atoms with Crippen LogP contribution in [-0.2, 0) is 29.7 Å². The van der Waals surface area contributed by atoms with Crippen LogP contribution in [-0.4, -0.2) is 49.5 Å². The molecule has 2 saturated heterocycles. The van der Waals surface area contributed by atoms with E-state index in [-0.39, 0.29) is 6.10 Å². The molecule has 1 N–H and O–H groups in total. The largest absolute Gasteiger partial charge is 0.385 e. The first kappa shape index (κ1) is 15.9. The van der Waals surface area contributed by atoms with E-state index in [1.165, 1.54) is 7.11 Å². The molecule has 6 heteroatoms. The van der Waals surface area contributed by atoms with Gasteiger partial charge in [0, 0.05) is 19.3 Å². The molecule has 1 aromatic rings. The number of fused-ring (bicyclic) bond motifs is 1. The quantitative estimate of drug-likeness (QED) is 0.906. The highest BCUT2D eigenvalue weighted by Crippen LogP contribution is 2.44. The van der Waals surface area contributed by atoms with Gasteiger partial charge in [-0.2, -0.15) is 0 Å². The van der Waals surface area contributed by atoms with E-state index in [0.29, 0.717) is 6.61 Å². The zero-order valence-electron chi connectivity index (χ0n) is 13.0. The van der Waals surface area contributed by atoms with E-state index < -0.39 is 30.6 Å². The predicted molar refractivity (Wildman–Crippen MR) is 76.8 cm³/mol. The van der Waals surface area contributed by atoms with Crippen LogP contribution in [0, 0.1) is 0 Å². The SMILES string of the molecule is CCOC1(c2ccccc2)OC2[C@H](O)[C@H](OC)O[C@@H](C)[C@H]2O1. The van der Waals surface area contributed by atoms with Crippen LogP contribution in [0.2, 0.25) is 0 Å². The van der Waals surface area contributed by atoms with Crippen LogP contribution < -0.4 is 0 Å². The van der Waals surface area contributed by atoms with Crippen molar-refractivity contribution in [2.75, 3.05) is 13.7 Å². The number of aliphatic hydroxyl groups is 1. The first-order chi connectivity index (χ1) is 10.6. The highest BCUT2D eigenvalue weighted by atomic mass is 16.9. The minimum absolute atomic E-state index is 0.288. The van der Waals surface area contributed by atoms with E-state index in [1.54, 1.807) is 0 Å². The highest BCUT2D eigenvalue weighted by Gasteiger charge is 2.58. The number of methoxy groups -OCH3 is 1. The lowest BCUT2D eigenvalue weighted by atomic mass is 10.0. The Morgan fingerprint density at radius 3 is 2.50 bits per heavy atom. The molecule has 1 aromatic carbocycles. The summed E-state index contributed by atoms with van der Waals surface area (Å²) in [7, 11) is 1.49. The third-order valence-corrected chi connectivity index (χ3v) is 4.03. The molecule has 0 aromatic heterocycles. The van der Waals surface area contributed by atoms with Crippen molar-refractivity contribution in [3.8, 4) is 0 Å². The summed E-state index contributed by atoms with van der Waals surface area (Å²) in [6.07, 6.45) is -3.00. The second kappa shape index (κ2) is 6.23. The lowest BCUT2D eigenvalue weighted by Crippen LogP contribution is -2.55. The van der Waals surface area contributed by atoms with Crippen LogP contribution in [0.1, 0.15) is 19.4 Å². The Labute approximate surface area is 129 Å². The summed E-state index contributed by atoms with van der Waals surface area (Å²) >= 11 is 0. The second-order valence-electron chi connectivity index (χ2n) is 5.46. The molecule has 0 spiro atoms. The van der Waals surface area contributed by atoms with Gasteiger partial charge < -0.3 is 28.8 Å². The number of hydrogen-bond donors (Lipinski definition) is 1. The van der Waals surface area contributed by atoms with E-state index in [2.05, 4.69) is 0 Å². The fourth-order valence-electron chi connectivity index (χ4n) is 2.99. The Kier molecular flexibility index (Phi) is 4.49. The maximum absolute atomic E-state index is 10.4. The van der Waals surface area contributed by atoms with Gasteiger partial charge in [-0.05, 0) is 13.8 Å². The van der Waals surface area contributed by atoms with E-state index in [9.17, 15) is 5.11 Å². The van der Waals surface area contributed by atoms with Crippen molar-refractivity contribution >= 4 is 0 Å². The monoisotopic (exact) mass is 310 g/mol. The van der Waals surface area contributed by atoms with Crippen molar-refractivity contribution in [1.29, 1.82) is 0 Å². The molecule has 2 fully saturated rings. The molecular formula is C16H22O6. The molecule has 2 aliphatic rings. The van der Waals surface area contributed by atoms with E-state index in [4.69, 9.17) is 23.7 Å². The highest BCUT2D eigenvalue weighted by molar-refractivity contribution is 5.20. The molecule has 2 aliphatic heterocycles. The Balaban J connectivity index is 1.92. The normalized spacial score (nSPS) is 41.4. The zero-order valence-corrected chi connectivity index (χ0v) is 13.0. The fourth-order valence-corrected chi connectivity index (χ4v) is 2.99. The summed E-state index contributed by atoms with van der Waals surface area (Å²) in [5.74, 6) is -1.33. The van der Waals surface area contributed by atoms with Crippen molar-refractivity contribution in [3.63, 3.8) is 0 Å². The fraction of sp³-hybridized carbons (Fsp3) is 0.625. The Bertz CT molecular complexity index is 495. The van der Waals surface area contributed by atoms with Crippen LogP contribution in [0.25, 0.3) is 0 Å². The standard InChI is InChI=1S/C16H22O6/c1-4-19-16(11-8-6-5-7-9-11)21-13-10(2)20-15(18-3)12(17)14(13)22-16/h5-10,12-15,17H,4H2,1-3H3/t10-,12-,13+,14?,15+,16?/m0/s1. The molecule has 22 heavy (non-hydrogen) atoms. The Morgan fingerprint density at radius 2 is 1.86 bits per heavy atom. The van der Waals surface area contributed by atoms with Gasteiger partial charge in [0.2, 0.25) is 0 Å². The molecule has 0 saturated carbocycles. The van der Waals surface area contributed by atoms with Crippen LogP contribution >= 0.6 is 0 Å². The van der Waals surface area contributed by atoms with Gasteiger partial charge in [-0.3, -0.25) is 0 Å². The van der Waals surface area contributed by atoms with Crippen molar-refractivity contribution in [2.45, 2.75) is 50.5 Å². The minimum atomic E-state index is -1.33. The average Bonchev–Trinajstić information content (AvgIpc) is 2.94. The summed E-state index contributed by atoms with van der Waals surface area (Å²) in [5, 5.41) is 10.4. The zero-order chi connectivity index (χ0) is 15.7. The van der Waals surface area contributed by atoms with E-state index >= 15 is 0 Å². The number of ether oxygens (including phenoxy) is 5. The third kappa shape index (κ3) is 2.56. The molecule has 0 amide bonds. The number of hydrogen-bond acceptors (Lipinski definition) is 6. The predicted octanol–water partition coefficient (Wildman–Crippen LogP) is 1.37. The summed E-state index contributed by atoms with van der Waals surface area (Å²) in [6.45, 7) is 4.15. The molecule has 122 valence electrons. The van der Waals surface area contributed by atoms with Crippen molar-refractivity contribution in [3.05, 3.63) is 35.9 Å². The van der Waals surface area contributed by atoms with Gasteiger partial charge in [-0.15, -0.1) is 0 Å².